The minimum Gasteiger partial charge on any atom is -0.460 e. The number of H-pyrrole nitrogens is 1. The Morgan fingerprint density at radius 1 is 1.15 bits per heavy atom. The van der Waals surface area contributed by atoms with E-state index in [4.69, 9.17) is 44.3 Å². The highest BCUT2D eigenvalue weighted by atomic mass is 35.5. The van der Waals surface area contributed by atoms with Gasteiger partial charge in [0.25, 0.3) is 4.84 Å². The fourth-order valence-corrected chi connectivity index (χ4v) is 2.37. The molecule has 3 rings (SSSR count). The largest absolute Gasteiger partial charge is 0.460 e. The number of aryl methyl sites for hydroxylation is 1. The van der Waals surface area contributed by atoms with Crippen LogP contribution in [0.1, 0.15) is 5.76 Å². The molecule has 0 spiro atoms. The number of furan rings is 1. The molecular formula is C13H8Cl2N2O2S. The number of halogens is 2. The van der Waals surface area contributed by atoms with Gasteiger partial charge in [0, 0.05) is 10.6 Å². The van der Waals surface area contributed by atoms with Gasteiger partial charge < -0.3 is 8.83 Å². The van der Waals surface area contributed by atoms with Gasteiger partial charge in [-0.25, -0.2) is 5.10 Å². The Kier molecular flexibility index (Phi) is 3.41. The van der Waals surface area contributed by atoms with Crippen LogP contribution >= 0.6 is 35.4 Å². The summed E-state index contributed by atoms with van der Waals surface area (Å²) in [4.78, 5) is 0.211. The zero-order chi connectivity index (χ0) is 14.3. The van der Waals surface area contributed by atoms with Gasteiger partial charge in [-0.15, -0.1) is 5.10 Å². The number of aromatic amines is 1. The average Bonchev–Trinajstić information content (AvgIpc) is 2.98. The summed E-state index contributed by atoms with van der Waals surface area (Å²) in [5.41, 5.74) is 1.42. The number of nitrogens with one attached hydrogen (secondary N) is 1. The van der Waals surface area contributed by atoms with Crippen molar-refractivity contribution in [1.82, 2.24) is 10.2 Å². The quantitative estimate of drug-likeness (QED) is 0.651. The number of hydrogen-bond donors (Lipinski definition) is 1. The van der Waals surface area contributed by atoms with Crippen molar-refractivity contribution < 1.29 is 8.83 Å². The predicted octanol–water partition coefficient (Wildman–Crippen LogP) is 5.27. The Hall–Kier alpha value is -1.56. The molecule has 1 N–H and O–H groups in total. The number of nitrogens with zero attached hydrogens (tertiary/aromatic N) is 1. The number of hydrogen-bond acceptors (Lipinski definition) is 4. The first-order valence-electron chi connectivity index (χ1n) is 5.66. The molecule has 2 aromatic heterocycles. The van der Waals surface area contributed by atoms with Gasteiger partial charge in [0.15, 0.2) is 0 Å². The van der Waals surface area contributed by atoms with Crippen LogP contribution in [-0.4, -0.2) is 10.2 Å². The van der Waals surface area contributed by atoms with Crippen molar-refractivity contribution in [3.63, 3.8) is 0 Å². The summed E-state index contributed by atoms with van der Waals surface area (Å²) in [6, 6.07) is 6.97. The van der Waals surface area contributed by atoms with E-state index in [1.54, 1.807) is 24.3 Å². The number of benzene rings is 1. The highest BCUT2D eigenvalue weighted by Crippen LogP contribution is 2.36. The second-order valence-corrected chi connectivity index (χ2v) is 5.34. The molecule has 2 heterocycles. The Bertz CT molecular complexity index is 835. The standard InChI is InChI=1S/C13H8Cl2N2O2S/c1-6-8(12-16-17-13(20)19-12)5-11(18-6)9-4-7(14)2-3-10(9)15/h2-5H,1H3,(H,17,20). The molecule has 7 heteroatoms. The zero-order valence-corrected chi connectivity index (χ0v) is 12.6. The topological polar surface area (TPSA) is 55.0 Å². The van der Waals surface area contributed by atoms with Gasteiger partial charge in [0.05, 0.1) is 10.6 Å². The summed E-state index contributed by atoms with van der Waals surface area (Å²) in [6.07, 6.45) is 0. The lowest BCUT2D eigenvalue weighted by molar-refractivity contribution is 0.535. The molecule has 0 radical (unpaired) electrons. The van der Waals surface area contributed by atoms with Gasteiger partial charge in [0.1, 0.15) is 11.5 Å². The SMILES string of the molecule is Cc1oc(-c2cc(Cl)ccc2Cl)cc1-c1n[nH]c(=S)o1. The van der Waals surface area contributed by atoms with E-state index in [0.29, 0.717) is 38.6 Å². The summed E-state index contributed by atoms with van der Waals surface area (Å²) in [5.74, 6) is 1.62. The van der Waals surface area contributed by atoms with E-state index < -0.39 is 0 Å². The number of aromatic nitrogens is 2. The van der Waals surface area contributed by atoms with Crippen LogP contribution in [0.2, 0.25) is 10.0 Å². The minimum absolute atomic E-state index is 0.211. The third kappa shape index (κ3) is 2.40. The van der Waals surface area contributed by atoms with Crippen molar-refractivity contribution in [1.29, 1.82) is 0 Å². The molecule has 4 nitrogen and oxygen atoms in total. The fourth-order valence-electron chi connectivity index (χ4n) is 1.86. The predicted molar refractivity (Wildman–Crippen MR) is 79.6 cm³/mol. The third-order valence-electron chi connectivity index (χ3n) is 2.78. The van der Waals surface area contributed by atoms with Crippen molar-refractivity contribution in [2.24, 2.45) is 0 Å². The molecule has 0 aliphatic carbocycles. The maximum Gasteiger partial charge on any atom is 0.284 e. The lowest BCUT2D eigenvalue weighted by atomic mass is 10.1. The van der Waals surface area contributed by atoms with Crippen LogP contribution in [0.25, 0.3) is 22.8 Å². The first-order valence-corrected chi connectivity index (χ1v) is 6.83. The molecule has 102 valence electrons. The van der Waals surface area contributed by atoms with E-state index in [9.17, 15) is 0 Å². The molecule has 0 saturated carbocycles. The van der Waals surface area contributed by atoms with Gasteiger partial charge in [-0.3, -0.25) is 0 Å². The van der Waals surface area contributed by atoms with Crippen molar-refractivity contribution in [3.8, 4) is 22.8 Å². The Morgan fingerprint density at radius 3 is 2.65 bits per heavy atom. The third-order valence-corrected chi connectivity index (χ3v) is 3.52. The maximum absolute atomic E-state index is 6.16. The molecule has 1 aromatic carbocycles. The second kappa shape index (κ2) is 5.09. The molecule has 0 aliphatic heterocycles. The number of rotatable bonds is 2. The van der Waals surface area contributed by atoms with E-state index in [2.05, 4.69) is 10.2 Å². The molecule has 20 heavy (non-hydrogen) atoms. The molecule has 0 saturated heterocycles. The van der Waals surface area contributed by atoms with Crippen molar-refractivity contribution in [2.75, 3.05) is 0 Å². The highest BCUT2D eigenvalue weighted by Gasteiger charge is 2.16. The van der Waals surface area contributed by atoms with E-state index >= 15 is 0 Å². The van der Waals surface area contributed by atoms with E-state index in [1.165, 1.54) is 0 Å². The summed E-state index contributed by atoms with van der Waals surface area (Å²) in [6.45, 7) is 1.81. The van der Waals surface area contributed by atoms with Crippen LogP contribution in [0.5, 0.6) is 0 Å². The summed E-state index contributed by atoms with van der Waals surface area (Å²) < 4.78 is 11.0. The lowest BCUT2D eigenvalue weighted by Gasteiger charge is -2.00. The van der Waals surface area contributed by atoms with Crippen molar-refractivity contribution in [3.05, 3.63) is 44.9 Å². The smallest absolute Gasteiger partial charge is 0.284 e. The Labute approximate surface area is 129 Å². The van der Waals surface area contributed by atoms with Gasteiger partial charge in [-0.1, -0.05) is 23.2 Å². The van der Waals surface area contributed by atoms with Gasteiger partial charge in [-0.2, -0.15) is 0 Å². The summed E-state index contributed by atoms with van der Waals surface area (Å²) in [5, 5.41) is 7.69. The average molecular weight is 327 g/mol. The molecule has 0 fully saturated rings. The van der Waals surface area contributed by atoms with Gasteiger partial charge in [0.2, 0.25) is 5.89 Å². The van der Waals surface area contributed by atoms with Crippen molar-refractivity contribution in [2.45, 2.75) is 6.92 Å². The minimum atomic E-state index is 0.211. The fraction of sp³-hybridized carbons (Fsp3) is 0.0769. The highest BCUT2D eigenvalue weighted by molar-refractivity contribution is 7.71. The Morgan fingerprint density at radius 2 is 1.95 bits per heavy atom. The van der Waals surface area contributed by atoms with E-state index in [0.717, 1.165) is 0 Å². The summed E-state index contributed by atoms with van der Waals surface area (Å²) in [7, 11) is 0. The Balaban J connectivity index is 2.13. The van der Waals surface area contributed by atoms with Crippen LogP contribution < -0.4 is 0 Å². The first-order chi connectivity index (χ1) is 9.54. The second-order valence-electron chi connectivity index (χ2n) is 4.12. The van der Waals surface area contributed by atoms with E-state index in [-0.39, 0.29) is 4.84 Å². The lowest BCUT2D eigenvalue weighted by Crippen LogP contribution is -1.77. The van der Waals surface area contributed by atoms with Crippen LogP contribution in [-0.2, 0) is 0 Å². The molecule has 0 unspecified atom stereocenters. The zero-order valence-electron chi connectivity index (χ0n) is 10.2. The molecule has 0 aliphatic rings. The van der Waals surface area contributed by atoms with Crippen LogP contribution in [0.4, 0.5) is 0 Å². The van der Waals surface area contributed by atoms with Crippen LogP contribution in [0.3, 0.4) is 0 Å². The van der Waals surface area contributed by atoms with E-state index in [1.807, 2.05) is 6.92 Å². The first kappa shape index (κ1) is 13.4. The molecule has 0 amide bonds. The summed E-state index contributed by atoms with van der Waals surface area (Å²) >= 11 is 17.0. The molecule has 0 atom stereocenters. The van der Waals surface area contributed by atoms with Crippen molar-refractivity contribution >= 4 is 35.4 Å². The van der Waals surface area contributed by atoms with Crippen LogP contribution in [0, 0.1) is 11.8 Å². The molecule has 3 aromatic rings. The monoisotopic (exact) mass is 326 g/mol. The normalized spacial score (nSPS) is 10.9. The van der Waals surface area contributed by atoms with Crippen LogP contribution in [0.15, 0.2) is 33.1 Å². The molecule has 0 bridgehead atoms. The van der Waals surface area contributed by atoms with Gasteiger partial charge >= 0.3 is 0 Å². The van der Waals surface area contributed by atoms with Gasteiger partial charge in [-0.05, 0) is 43.4 Å². The maximum atomic E-state index is 6.16. The molecular weight excluding hydrogens is 319 g/mol.